The molecule has 0 saturated carbocycles. The molecule has 1 aliphatic heterocycles. The third-order valence-electron chi connectivity index (χ3n) is 3.93. The van der Waals surface area contributed by atoms with Crippen LogP contribution in [0.3, 0.4) is 0 Å². The maximum absolute atomic E-state index is 12.8. The Labute approximate surface area is 160 Å². The zero-order valence-corrected chi connectivity index (χ0v) is 16.4. The number of anilines is 2. The molecule has 0 spiro atoms. The second-order valence-electron chi connectivity index (χ2n) is 5.94. The third kappa shape index (κ3) is 4.75. The number of carbonyl (C=O) groups is 2. The average molecular weight is 402 g/mol. The number of aromatic nitrogens is 2. The van der Waals surface area contributed by atoms with Gasteiger partial charge in [-0.2, -0.15) is 0 Å². The van der Waals surface area contributed by atoms with Gasteiger partial charge in [0.2, 0.25) is 11.8 Å². The van der Waals surface area contributed by atoms with Gasteiger partial charge in [-0.3, -0.25) is 9.59 Å². The minimum atomic E-state index is -0.754. The Morgan fingerprint density at radius 3 is 2.24 bits per heavy atom. The first-order valence-corrected chi connectivity index (χ1v) is 9.27. The fourth-order valence-electron chi connectivity index (χ4n) is 2.69. The van der Waals surface area contributed by atoms with Crippen molar-refractivity contribution in [3.63, 3.8) is 0 Å². The van der Waals surface area contributed by atoms with Crippen LogP contribution in [-0.2, 0) is 9.59 Å². The maximum Gasteiger partial charge on any atom is 0.234 e. The van der Waals surface area contributed by atoms with Crippen LogP contribution in [-0.4, -0.2) is 34.9 Å². The van der Waals surface area contributed by atoms with Crippen LogP contribution in [0.15, 0.2) is 12.4 Å². The fourth-order valence-corrected chi connectivity index (χ4v) is 4.03. The summed E-state index contributed by atoms with van der Waals surface area (Å²) < 4.78 is 0. The first-order chi connectivity index (χ1) is 11.5. The topological polar surface area (TPSA) is 96.0 Å². The van der Waals surface area contributed by atoms with Gasteiger partial charge in [0.25, 0.3) is 0 Å². The Morgan fingerprint density at radius 1 is 1.16 bits per heavy atom. The Hall–Kier alpha value is -1.55. The van der Waals surface area contributed by atoms with E-state index < -0.39 is 5.41 Å². The number of carbonyl (C=O) groups excluding carboxylic acids is 2. The predicted octanol–water partition coefficient (Wildman–Crippen LogP) is 2.59. The van der Waals surface area contributed by atoms with Crippen molar-refractivity contribution < 1.29 is 9.59 Å². The van der Waals surface area contributed by atoms with Crippen LogP contribution in [0, 0.1) is 19.3 Å². The van der Waals surface area contributed by atoms with Crippen molar-refractivity contribution in [1.29, 1.82) is 0 Å². The standard InChI is InChI=1S/C15H19N5O2S2.ClH/c1-9-6-17-13(23-9)19-11(21)5-15(3-4-16-8-15)12(22)20-14-18-7-10(2)24-14;/h6-7,16H,3-5,8H2,1-2H3,(H,17,19,21)(H,18,20,22);1H. The quantitative estimate of drug-likeness (QED) is 0.715. The third-order valence-corrected chi connectivity index (χ3v) is 5.59. The molecule has 25 heavy (non-hydrogen) atoms. The van der Waals surface area contributed by atoms with E-state index in [0.717, 1.165) is 9.75 Å². The van der Waals surface area contributed by atoms with Gasteiger partial charge in [-0.05, 0) is 26.8 Å². The van der Waals surface area contributed by atoms with Crippen molar-refractivity contribution in [2.24, 2.45) is 5.41 Å². The molecule has 2 aromatic rings. The van der Waals surface area contributed by atoms with Crippen molar-refractivity contribution >= 4 is 57.2 Å². The van der Waals surface area contributed by atoms with Crippen LogP contribution in [0.2, 0.25) is 0 Å². The molecular formula is C15H20ClN5O2S2. The van der Waals surface area contributed by atoms with Crippen LogP contribution in [0.5, 0.6) is 0 Å². The molecule has 1 atom stereocenters. The number of halogens is 1. The second kappa shape index (κ2) is 8.22. The Morgan fingerprint density at radius 2 is 1.76 bits per heavy atom. The van der Waals surface area contributed by atoms with Gasteiger partial charge in [0.15, 0.2) is 10.3 Å². The molecule has 136 valence electrons. The molecule has 1 fully saturated rings. The number of hydrogen-bond acceptors (Lipinski definition) is 7. The summed E-state index contributed by atoms with van der Waals surface area (Å²) in [6.07, 6.45) is 4.17. The van der Waals surface area contributed by atoms with Crippen LogP contribution in [0.25, 0.3) is 0 Å². The smallest absolute Gasteiger partial charge is 0.234 e. The average Bonchev–Trinajstić information content (AvgIpc) is 3.23. The van der Waals surface area contributed by atoms with Gasteiger partial charge < -0.3 is 16.0 Å². The highest BCUT2D eigenvalue weighted by molar-refractivity contribution is 7.16. The highest BCUT2D eigenvalue weighted by atomic mass is 35.5. The SMILES string of the molecule is Cc1cnc(NC(=O)CC2(C(=O)Nc3ncc(C)s3)CCNC2)s1.Cl. The molecule has 10 heteroatoms. The number of rotatable bonds is 5. The Kier molecular flexibility index (Phi) is 6.50. The number of nitrogens with one attached hydrogen (secondary N) is 3. The Balaban J connectivity index is 0.00000225. The normalized spacial score (nSPS) is 19.3. The van der Waals surface area contributed by atoms with E-state index in [1.54, 1.807) is 12.4 Å². The van der Waals surface area contributed by atoms with Crippen molar-refractivity contribution in [2.75, 3.05) is 23.7 Å². The molecule has 0 aliphatic carbocycles. The molecule has 1 aliphatic rings. The molecule has 2 aromatic heterocycles. The molecular weight excluding hydrogens is 382 g/mol. The summed E-state index contributed by atoms with van der Waals surface area (Å²) in [4.78, 5) is 35.5. The van der Waals surface area contributed by atoms with Gasteiger partial charge in [-0.1, -0.05) is 0 Å². The van der Waals surface area contributed by atoms with E-state index in [9.17, 15) is 9.59 Å². The number of thiazole rings is 2. The molecule has 0 bridgehead atoms. The van der Waals surface area contributed by atoms with Crippen LogP contribution in [0.1, 0.15) is 22.6 Å². The lowest BCUT2D eigenvalue weighted by Crippen LogP contribution is -2.41. The molecule has 7 nitrogen and oxygen atoms in total. The molecule has 2 amide bonds. The monoisotopic (exact) mass is 401 g/mol. The summed E-state index contributed by atoms with van der Waals surface area (Å²) in [5.41, 5.74) is -0.754. The number of aryl methyl sites for hydroxylation is 2. The minimum Gasteiger partial charge on any atom is -0.316 e. The molecule has 3 heterocycles. The van der Waals surface area contributed by atoms with Gasteiger partial charge in [-0.25, -0.2) is 9.97 Å². The second-order valence-corrected chi connectivity index (χ2v) is 8.41. The van der Waals surface area contributed by atoms with Crippen LogP contribution >= 0.6 is 35.1 Å². The summed E-state index contributed by atoms with van der Waals surface area (Å²) in [6, 6.07) is 0. The van der Waals surface area contributed by atoms with Gasteiger partial charge in [0.1, 0.15) is 0 Å². The lowest BCUT2D eigenvalue weighted by molar-refractivity contribution is -0.129. The van der Waals surface area contributed by atoms with Gasteiger partial charge >= 0.3 is 0 Å². The van der Waals surface area contributed by atoms with Gasteiger partial charge in [-0.15, -0.1) is 35.1 Å². The van der Waals surface area contributed by atoms with E-state index in [2.05, 4.69) is 25.9 Å². The minimum absolute atomic E-state index is 0. The van der Waals surface area contributed by atoms with E-state index in [1.165, 1.54) is 22.7 Å². The fraction of sp³-hybridized carbons (Fsp3) is 0.467. The zero-order valence-electron chi connectivity index (χ0n) is 13.9. The van der Waals surface area contributed by atoms with E-state index >= 15 is 0 Å². The Bertz CT molecular complexity index is 755. The maximum atomic E-state index is 12.8. The van der Waals surface area contributed by atoms with Gasteiger partial charge in [0.05, 0.1) is 5.41 Å². The van der Waals surface area contributed by atoms with Gasteiger partial charge in [0, 0.05) is 35.1 Å². The van der Waals surface area contributed by atoms with Crippen molar-refractivity contribution in [3.8, 4) is 0 Å². The van der Waals surface area contributed by atoms with E-state index in [0.29, 0.717) is 29.8 Å². The lowest BCUT2D eigenvalue weighted by atomic mass is 9.82. The van der Waals surface area contributed by atoms with Crippen LogP contribution < -0.4 is 16.0 Å². The predicted molar refractivity (Wildman–Crippen MR) is 103 cm³/mol. The summed E-state index contributed by atoms with van der Waals surface area (Å²) in [7, 11) is 0. The summed E-state index contributed by atoms with van der Waals surface area (Å²) in [5.74, 6) is -0.356. The van der Waals surface area contributed by atoms with Crippen molar-refractivity contribution in [2.45, 2.75) is 26.7 Å². The molecule has 1 unspecified atom stereocenters. The zero-order chi connectivity index (χ0) is 17.2. The summed E-state index contributed by atoms with van der Waals surface area (Å²) >= 11 is 2.84. The molecule has 3 rings (SSSR count). The van der Waals surface area contributed by atoms with Crippen LogP contribution in [0.4, 0.5) is 10.3 Å². The molecule has 0 aromatic carbocycles. The summed E-state index contributed by atoms with van der Waals surface area (Å²) in [6.45, 7) is 5.06. The van der Waals surface area contributed by atoms with E-state index in [4.69, 9.17) is 0 Å². The van der Waals surface area contributed by atoms with E-state index in [-0.39, 0.29) is 30.6 Å². The first kappa shape index (κ1) is 19.8. The molecule has 0 radical (unpaired) electrons. The first-order valence-electron chi connectivity index (χ1n) is 7.64. The lowest BCUT2D eigenvalue weighted by Gasteiger charge is -2.25. The highest BCUT2D eigenvalue weighted by Crippen LogP contribution is 2.32. The van der Waals surface area contributed by atoms with E-state index in [1.807, 2.05) is 13.8 Å². The number of nitrogens with zero attached hydrogens (tertiary/aromatic N) is 2. The molecule has 1 saturated heterocycles. The van der Waals surface area contributed by atoms with Crippen molar-refractivity contribution in [1.82, 2.24) is 15.3 Å². The summed E-state index contributed by atoms with van der Waals surface area (Å²) in [5, 5.41) is 9.96. The molecule has 3 N–H and O–H groups in total. The number of hydrogen-bond donors (Lipinski definition) is 3. The largest absolute Gasteiger partial charge is 0.316 e. The number of amides is 2. The van der Waals surface area contributed by atoms with Crippen molar-refractivity contribution in [3.05, 3.63) is 22.1 Å². The highest BCUT2D eigenvalue weighted by Gasteiger charge is 2.43.